The van der Waals surface area contributed by atoms with Crippen molar-refractivity contribution < 1.29 is 4.74 Å². The number of benzene rings is 1. The van der Waals surface area contributed by atoms with Crippen molar-refractivity contribution in [3.8, 4) is 22.6 Å². The fraction of sp³-hybridized carbons (Fsp3) is 0.200. The van der Waals surface area contributed by atoms with Gasteiger partial charge in [-0.2, -0.15) is 0 Å². The van der Waals surface area contributed by atoms with Gasteiger partial charge in [-0.1, -0.05) is 28.9 Å². The molecule has 0 radical (unpaired) electrons. The highest BCUT2D eigenvalue weighted by Crippen LogP contribution is 2.30. The van der Waals surface area contributed by atoms with Gasteiger partial charge < -0.3 is 4.74 Å². The number of halogens is 2. The van der Waals surface area contributed by atoms with Crippen LogP contribution in [0.3, 0.4) is 0 Å². The quantitative estimate of drug-likeness (QED) is 0.657. The molecule has 23 heavy (non-hydrogen) atoms. The molecule has 3 rings (SSSR count). The zero-order valence-electron chi connectivity index (χ0n) is 12.3. The van der Waals surface area contributed by atoms with E-state index in [-0.39, 0.29) is 12.0 Å². The third-order valence-electron chi connectivity index (χ3n) is 3.14. The highest BCUT2D eigenvalue weighted by molar-refractivity contribution is 6.30. The predicted octanol–water partition coefficient (Wildman–Crippen LogP) is 3.70. The van der Waals surface area contributed by atoms with E-state index in [2.05, 4.69) is 20.3 Å². The summed E-state index contributed by atoms with van der Waals surface area (Å²) in [5, 5.41) is 9.24. The Hall–Kier alpha value is -2.02. The van der Waals surface area contributed by atoms with Gasteiger partial charge in [0, 0.05) is 23.4 Å². The number of rotatable bonds is 5. The molecule has 0 amide bonds. The molecule has 0 aliphatic carbocycles. The fourth-order valence-electron chi connectivity index (χ4n) is 2.10. The molecule has 0 aliphatic rings. The minimum Gasteiger partial charge on any atom is -0.359 e. The zero-order valence-corrected chi connectivity index (χ0v) is 13.8. The lowest BCUT2D eigenvalue weighted by molar-refractivity contribution is 0.0790. The maximum atomic E-state index is 5.95. The van der Waals surface area contributed by atoms with E-state index in [0.717, 1.165) is 5.56 Å². The average molecular weight is 350 g/mol. The number of nitrogens with zero attached hydrogens (tertiary/aromatic N) is 5. The third kappa shape index (κ3) is 3.50. The van der Waals surface area contributed by atoms with Crippen LogP contribution < -0.4 is 0 Å². The van der Waals surface area contributed by atoms with Gasteiger partial charge in [-0.05, 0) is 36.7 Å². The summed E-state index contributed by atoms with van der Waals surface area (Å²) in [6.07, 6.45) is 1.59. The molecule has 3 aromatic rings. The first-order valence-electron chi connectivity index (χ1n) is 6.95. The molecule has 6 nitrogen and oxygen atoms in total. The first-order valence-corrected chi connectivity index (χ1v) is 7.70. The van der Waals surface area contributed by atoms with Crippen molar-refractivity contribution >= 4 is 23.2 Å². The highest BCUT2D eigenvalue weighted by Gasteiger charge is 2.18. The molecular formula is C15H13Cl2N5O. The molecule has 0 bridgehead atoms. The number of ether oxygens (including phenoxy) is 1. The van der Waals surface area contributed by atoms with Crippen molar-refractivity contribution in [1.29, 1.82) is 0 Å². The van der Waals surface area contributed by atoms with E-state index in [0.29, 0.717) is 28.7 Å². The monoisotopic (exact) mass is 349 g/mol. The van der Waals surface area contributed by atoms with Crippen LogP contribution >= 0.6 is 23.2 Å². The molecule has 0 saturated heterocycles. The van der Waals surface area contributed by atoms with E-state index in [4.69, 9.17) is 27.9 Å². The van der Waals surface area contributed by atoms with Gasteiger partial charge in [0.25, 0.3) is 0 Å². The lowest BCUT2D eigenvalue weighted by atomic mass is 10.1. The Bertz CT molecular complexity index is 804. The van der Waals surface area contributed by atoms with E-state index < -0.39 is 0 Å². The molecule has 8 heteroatoms. The standard InChI is InChI=1S/C15H13Cl2N5O/c1-2-23-9-22-14(12-7-8-18-15(17)19-12)13(20-21-22)10-3-5-11(16)6-4-10/h3-8H,2,9H2,1H3. The van der Waals surface area contributed by atoms with Gasteiger partial charge in [-0.25, -0.2) is 14.6 Å². The molecule has 0 saturated carbocycles. The third-order valence-corrected chi connectivity index (χ3v) is 3.57. The normalized spacial score (nSPS) is 10.9. The summed E-state index contributed by atoms with van der Waals surface area (Å²) in [6, 6.07) is 9.12. The summed E-state index contributed by atoms with van der Waals surface area (Å²) >= 11 is 11.9. The smallest absolute Gasteiger partial charge is 0.222 e. The Kier molecular flexibility index (Phi) is 4.85. The van der Waals surface area contributed by atoms with Crippen LogP contribution in [0.15, 0.2) is 36.5 Å². The molecule has 0 unspecified atom stereocenters. The van der Waals surface area contributed by atoms with Gasteiger partial charge >= 0.3 is 0 Å². The molecule has 118 valence electrons. The van der Waals surface area contributed by atoms with Crippen molar-refractivity contribution in [3.05, 3.63) is 46.8 Å². The van der Waals surface area contributed by atoms with Gasteiger partial charge in [0.1, 0.15) is 18.1 Å². The molecule has 0 aliphatic heterocycles. The lowest BCUT2D eigenvalue weighted by Crippen LogP contribution is -2.07. The SMILES string of the molecule is CCOCn1nnc(-c2ccc(Cl)cc2)c1-c1ccnc(Cl)n1. The van der Waals surface area contributed by atoms with Crippen molar-refractivity contribution in [3.63, 3.8) is 0 Å². The fourth-order valence-corrected chi connectivity index (χ4v) is 2.38. The van der Waals surface area contributed by atoms with E-state index in [1.54, 1.807) is 29.1 Å². The van der Waals surface area contributed by atoms with E-state index in [1.165, 1.54) is 0 Å². The van der Waals surface area contributed by atoms with E-state index in [9.17, 15) is 0 Å². The molecule has 0 atom stereocenters. The number of aromatic nitrogens is 5. The maximum Gasteiger partial charge on any atom is 0.222 e. The zero-order chi connectivity index (χ0) is 16.2. The van der Waals surface area contributed by atoms with Gasteiger partial charge in [0.2, 0.25) is 5.28 Å². The van der Waals surface area contributed by atoms with E-state index in [1.807, 2.05) is 19.1 Å². The van der Waals surface area contributed by atoms with Gasteiger partial charge in [0.15, 0.2) is 0 Å². The Morgan fingerprint density at radius 1 is 1.13 bits per heavy atom. The van der Waals surface area contributed by atoms with E-state index >= 15 is 0 Å². The topological polar surface area (TPSA) is 65.7 Å². The average Bonchev–Trinajstić information content (AvgIpc) is 2.97. The minimum absolute atomic E-state index is 0.161. The second-order valence-corrected chi connectivity index (χ2v) is 5.40. The van der Waals surface area contributed by atoms with Crippen LogP contribution in [0.25, 0.3) is 22.6 Å². The molecular weight excluding hydrogens is 337 g/mol. The second kappa shape index (κ2) is 7.04. The van der Waals surface area contributed by atoms with Gasteiger partial charge in [-0.3, -0.25) is 0 Å². The summed E-state index contributed by atoms with van der Waals surface area (Å²) in [5.74, 6) is 0. The minimum atomic E-state index is 0.161. The summed E-state index contributed by atoms with van der Waals surface area (Å²) in [7, 11) is 0. The highest BCUT2D eigenvalue weighted by atomic mass is 35.5. The van der Waals surface area contributed by atoms with Crippen molar-refractivity contribution in [2.24, 2.45) is 0 Å². The largest absolute Gasteiger partial charge is 0.359 e. The van der Waals surface area contributed by atoms with Crippen LogP contribution in [0, 0.1) is 0 Å². The first-order chi connectivity index (χ1) is 11.2. The molecule has 0 fully saturated rings. The van der Waals surface area contributed by atoms with Crippen LogP contribution in [0.1, 0.15) is 6.92 Å². The van der Waals surface area contributed by atoms with Gasteiger partial charge in [0.05, 0.1) is 5.69 Å². The summed E-state index contributed by atoms with van der Waals surface area (Å²) in [5.41, 5.74) is 2.89. The molecule has 2 heterocycles. The second-order valence-electron chi connectivity index (χ2n) is 4.63. The first kappa shape index (κ1) is 15.9. The lowest BCUT2D eigenvalue weighted by Gasteiger charge is -2.08. The predicted molar refractivity (Wildman–Crippen MR) is 88.1 cm³/mol. The molecule has 0 N–H and O–H groups in total. The van der Waals surface area contributed by atoms with Crippen molar-refractivity contribution in [1.82, 2.24) is 25.0 Å². The van der Waals surface area contributed by atoms with Crippen LogP contribution in [0.4, 0.5) is 0 Å². The van der Waals surface area contributed by atoms with Gasteiger partial charge in [-0.15, -0.1) is 5.10 Å². The van der Waals surface area contributed by atoms with Crippen molar-refractivity contribution in [2.75, 3.05) is 6.61 Å². The molecule has 2 aromatic heterocycles. The number of hydrogen-bond acceptors (Lipinski definition) is 5. The summed E-state index contributed by atoms with van der Waals surface area (Å²) in [6.45, 7) is 2.76. The van der Waals surface area contributed by atoms with Crippen LogP contribution in [-0.4, -0.2) is 31.6 Å². The Balaban J connectivity index is 2.12. The number of hydrogen-bond donors (Lipinski definition) is 0. The Morgan fingerprint density at radius 2 is 1.91 bits per heavy atom. The van der Waals surface area contributed by atoms with Crippen LogP contribution in [0.2, 0.25) is 10.3 Å². The summed E-state index contributed by atoms with van der Waals surface area (Å²) < 4.78 is 7.09. The van der Waals surface area contributed by atoms with Crippen molar-refractivity contribution in [2.45, 2.75) is 13.7 Å². The maximum absolute atomic E-state index is 5.95. The molecule has 1 aromatic carbocycles. The van der Waals surface area contributed by atoms with Crippen LogP contribution in [0.5, 0.6) is 0 Å². The Morgan fingerprint density at radius 3 is 2.61 bits per heavy atom. The Labute approximate surface area is 143 Å². The van der Waals surface area contributed by atoms with Crippen LogP contribution in [-0.2, 0) is 11.5 Å². The summed E-state index contributed by atoms with van der Waals surface area (Å²) in [4.78, 5) is 8.17. The molecule has 0 spiro atoms.